The first-order valence-corrected chi connectivity index (χ1v) is 3.94. The fourth-order valence-electron chi connectivity index (χ4n) is 0.762. The van der Waals surface area contributed by atoms with Gasteiger partial charge < -0.3 is 0 Å². The molecule has 0 saturated heterocycles. The van der Waals surface area contributed by atoms with Crippen LogP contribution in [0.2, 0.25) is 0 Å². The quantitative estimate of drug-likeness (QED) is 0.509. The molecule has 6 heteroatoms. The highest BCUT2D eigenvalue weighted by molar-refractivity contribution is 6.43. The summed E-state index contributed by atoms with van der Waals surface area (Å²) in [5.41, 5.74) is -0.238. The predicted octanol–water partition coefficient (Wildman–Crippen LogP) is 3.82. The Balaban J connectivity index is 3.08. The van der Waals surface area contributed by atoms with E-state index >= 15 is 0 Å². The van der Waals surface area contributed by atoms with Gasteiger partial charge in [0.05, 0.1) is 0 Å². The third-order valence-corrected chi connectivity index (χ3v) is 2.17. The average molecular weight is 231 g/mol. The van der Waals surface area contributed by atoms with Crippen LogP contribution in [-0.4, -0.2) is 6.30 Å². The molecule has 72 valence electrons. The molecule has 0 N–H and O–H groups in total. The fraction of sp³-hybridized carbons (Fsp3) is 0.143. The molecule has 0 bridgehead atoms. The van der Waals surface area contributed by atoms with Gasteiger partial charge in [0.1, 0.15) is 0 Å². The van der Waals surface area contributed by atoms with Crippen LogP contribution in [0.25, 0.3) is 0 Å². The van der Waals surface area contributed by atoms with E-state index in [9.17, 15) is 13.2 Å². The summed E-state index contributed by atoms with van der Waals surface area (Å²) in [4.78, 5) is 0. The average Bonchev–Trinajstić information content (AvgIpc) is 2.04. The third-order valence-electron chi connectivity index (χ3n) is 1.40. The SMILES string of the molecule is FC(F)(F)[N+](Cl)(Cl)c1ccccc1. The van der Waals surface area contributed by atoms with Crippen LogP contribution in [0.3, 0.4) is 0 Å². The predicted molar refractivity (Wildman–Crippen MR) is 46.0 cm³/mol. The molecular weight excluding hydrogens is 226 g/mol. The first-order chi connectivity index (χ1) is 5.86. The standard InChI is InChI=1S/C7H5Cl2F3N/c8-13(9,7(10,11)12)6-4-2-1-3-5-6/h1-5H/q+1. The third kappa shape index (κ3) is 2.07. The van der Waals surface area contributed by atoms with Gasteiger partial charge in [-0.15, -0.1) is 13.2 Å². The van der Waals surface area contributed by atoms with Gasteiger partial charge in [-0.1, -0.05) is 18.2 Å². The van der Waals surface area contributed by atoms with Crippen LogP contribution in [-0.2, 0) is 0 Å². The number of benzene rings is 1. The van der Waals surface area contributed by atoms with E-state index in [0.717, 1.165) is 0 Å². The Hall–Kier alpha value is -0.450. The van der Waals surface area contributed by atoms with Crippen molar-refractivity contribution in [2.75, 3.05) is 0 Å². The van der Waals surface area contributed by atoms with Crippen molar-refractivity contribution in [1.29, 1.82) is 0 Å². The van der Waals surface area contributed by atoms with Crippen molar-refractivity contribution in [3.8, 4) is 0 Å². The molecule has 0 spiro atoms. The van der Waals surface area contributed by atoms with Gasteiger partial charge in [-0.05, 0) is 0 Å². The van der Waals surface area contributed by atoms with E-state index < -0.39 is 9.82 Å². The molecule has 1 aromatic rings. The zero-order valence-corrected chi connectivity index (χ0v) is 7.74. The highest BCUT2D eigenvalue weighted by Gasteiger charge is 2.58. The Morgan fingerprint density at radius 2 is 1.46 bits per heavy atom. The molecule has 0 fully saturated rings. The van der Waals surface area contributed by atoms with Crippen LogP contribution in [0, 0.1) is 0 Å². The molecule has 0 amide bonds. The number of para-hydroxylation sites is 1. The highest BCUT2D eigenvalue weighted by Crippen LogP contribution is 2.41. The Labute approximate surface area is 83.1 Å². The van der Waals surface area contributed by atoms with E-state index in [1.807, 2.05) is 0 Å². The first kappa shape index (κ1) is 10.6. The number of quaternary nitrogens is 1. The molecule has 0 heterocycles. The maximum atomic E-state index is 12.2. The van der Waals surface area contributed by atoms with Gasteiger partial charge in [-0.2, -0.15) is 0 Å². The molecule has 0 saturated carbocycles. The van der Waals surface area contributed by atoms with Crippen LogP contribution in [0.4, 0.5) is 18.9 Å². The molecule has 0 atom stereocenters. The Morgan fingerprint density at radius 1 is 1.00 bits per heavy atom. The van der Waals surface area contributed by atoms with Crippen molar-refractivity contribution >= 4 is 29.2 Å². The first-order valence-electron chi connectivity index (χ1n) is 3.26. The zero-order chi connectivity index (χ0) is 10.1. The van der Waals surface area contributed by atoms with E-state index in [4.69, 9.17) is 23.6 Å². The van der Waals surface area contributed by atoms with Gasteiger partial charge >= 0.3 is 6.30 Å². The van der Waals surface area contributed by atoms with Crippen molar-refractivity contribution in [2.45, 2.75) is 6.30 Å². The summed E-state index contributed by atoms with van der Waals surface area (Å²) in [7, 11) is 0. The van der Waals surface area contributed by atoms with Crippen molar-refractivity contribution in [1.82, 2.24) is 3.52 Å². The summed E-state index contributed by atoms with van der Waals surface area (Å²) < 4.78 is 34.5. The number of rotatable bonds is 1. The normalized spacial score (nSPS) is 13.0. The number of hydrogen-bond acceptors (Lipinski definition) is 0. The summed E-state index contributed by atoms with van der Waals surface area (Å²) in [5, 5.41) is 0. The topological polar surface area (TPSA) is 0 Å². The summed E-state index contributed by atoms with van der Waals surface area (Å²) in [6, 6.07) is 6.84. The molecule has 0 aromatic heterocycles. The lowest BCUT2D eigenvalue weighted by atomic mass is 10.3. The monoisotopic (exact) mass is 230 g/mol. The highest BCUT2D eigenvalue weighted by atomic mass is 35.5. The molecule has 1 aromatic carbocycles. The smallest absolute Gasteiger partial charge is 0.113 e. The summed E-state index contributed by atoms with van der Waals surface area (Å²) in [6.45, 7) is 0. The minimum absolute atomic E-state index is 0.238. The van der Waals surface area contributed by atoms with Gasteiger partial charge in [-0.3, -0.25) is 0 Å². The second-order valence-corrected chi connectivity index (χ2v) is 3.50. The second kappa shape index (κ2) is 3.36. The molecular formula is C7H5Cl2F3N+. The lowest BCUT2D eigenvalue weighted by molar-refractivity contribution is -0.178. The molecule has 0 aliphatic carbocycles. The molecule has 1 rings (SSSR count). The summed E-state index contributed by atoms with van der Waals surface area (Å²) in [6.07, 6.45) is -4.73. The van der Waals surface area contributed by atoms with Crippen LogP contribution in [0.1, 0.15) is 0 Å². The molecule has 0 radical (unpaired) electrons. The lowest BCUT2D eigenvalue weighted by Crippen LogP contribution is -2.42. The van der Waals surface area contributed by atoms with Crippen LogP contribution in [0.5, 0.6) is 0 Å². The van der Waals surface area contributed by atoms with Crippen molar-refractivity contribution < 1.29 is 13.2 Å². The van der Waals surface area contributed by atoms with Gasteiger partial charge in [0.15, 0.2) is 5.69 Å². The number of alkyl halides is 3. The number of halogens is 5. The molecule has 1 nitrogen and oxygen atoms in total. The Bertz CT molecular complexity index is 284. The maximum Gasteiger partial charge on any atom is 0.601 e. The second-order valence-electron chi connectivity index (χ2n) is 2.32. The minimum Gasteiger partial charge on any atom is -0.113 e. The molecule has 0 unspecified atom stereocenters. The van der Waals surface area contributed by atoms with Gasteiger partial charge in [0, 0.05) is 15.7 Å². The van der Waals surface area contributed by atoms with E-state index in [0.29, 0.717) is 0 Å². The minimum atomic E-state index is -4.73. The molecule has 13 heavy (non-hydrogen) atoms. The molecule has 0 aliphatic heterocycles. The van der Waals surface area contributed by atoms with Crippen LogP contribution < -0.4 is 3.52 Å². The Kier molecular flexibility index (Phi) is 2.75. The van der Waals surface area contributed by atoms with E-state index in [1.54, 1.807) is 6.07 Å². The summed E-state index contributed by atoms with van der Waals surface area (Å²) >= 11 is 10.2. The Morgan fingerprint density at radius 3 is 1.85 bits per heavy atom. The van der Waals surface area contributed by atoms with Gasteiger partial charge in [0.2, 0.25) is 23.6 Å². The lowest BCUT2D eigenvalue weighted by Gasteiger charge is -2.19. The molecule has 0 aliphatic rings. The van der Waals surface area contributed by atoms with Crippen molar-refractivity contribution in [3.05, 3.63) is 30.3 Å². The van der Waals surface area contributed by atoms with E-state index in [2.05, 4.69) is 0 Å². The van der Waals surface area contributed by atoms with E-state index in [-0.39, 0.29) is 5.69 Å². The van der Waals surface area contributed by atoms with Crippen molar-refractivity contribution in [3.63, 3.8) is 0 Å². The summed E-state index contributed by atoms with van der Waals surface area (Å²) in [5.74, 6) is 0. The number of hydrogen-bond donors (Lipinski definition) is 0. The fourth-order valence-corrected chi connectivity index (χ4v) is 0.987. The van der Waals surface area contributed by atoms with Gasteiger partial charge in [-0.25, -0.2) is 0 Å². The largest absolute Gasteiger partial charge is 0.601 e. The zero-order valence-electron chi connectivity index (χ0n) is 6.22. The van der Waals surface area contributed by atoms with Crippen LogP contribution in [0.15, 0.2) is 30.3 Å². The van der Waals surface area contributed by atoms with Crippen molar-refractivity contribution in [2.24, 2.45) is 0 Å². The van der Waals surface area contributed by atoms with E-state index in [1.165, 1.54) is 24.3 Å². The number of nitrogens with zero attached hydrogens (tertiary/aromatic N) is 1. The van der Waals surface area contributed by atoms with Crippen LogP contribution >= 0.6 is 23.6 Å². The maximum absolute atomic E-state index is 12.2. The van der Waals surface area contributed by atoms with Gasteiger partial charge in [0.25, 0.3) is 0 Å².